The fourth-order valence-electron chi connectivity index (χ4n) is 1.68. The molecule has 3 N–H and O–H groups in total. The van der Waals surface area contributed by atoms with Crippen LogP contribution in [-0.2, 0) is 4.79 Å². The van der Waals surface area contributed by atoms with Crippen molar-refractivity contribution in [3.8, 4) is 0 Å². The maximum Gasteiger partial charge on any atom is 0.234 e. The summed E-state index contributed by atoms with van der Waals surface area (Å²) in [5.41, 5.74) is -0.200. The maximum absolute atomic E-state index is 11.4. The third-order valence-electron chi connectivity index (χ3n) is 3.13. The Labute approximate surface area is 90.7 Å². The van der Waals surface area contributed by atoms with E-state index in [-0.39, 0.29) is 23.5 Å². The molecule has 0 radical (unpaired) electrons. The van der Waals surface area contributed by atoms with Crippen LogP contribution in [0.25, 0.3) is 0 Å². The minimum atomic E-state index is -0.302. The lowest BCUT2D eigenvalue weighted by atomic mass is 9.64. The Balaban J connectivity index is 2.25. The molecule has 2 atom stereocenters. The summed E-state index contributed by atoms with van der Waals surface area (Å²) in [6.45, 7) is 8.40. The predicted octanol–water partition coefficient (Wildman–Crippen LogP) is 0.0376. The second kappa shape index (κ2) is 4.77. The molecule has 0 spiro atoms. The molecule has 15 heavy (non-hydrogen) atoms. The van der Waals surface area contributed by atoms with Crippen molar-refractivity contribution in [2.75, 3.05) is 13.1 Å². The first-order valence-corrected chi connectivity index (χ1v) is 5.27. The topological polar surface area (TPSA) is 61.4 Å². The van der Waals surface area contributed by atoms with E-state index in [4.69, 9.17) is 0 Å². The largest absolute Gasteiger partial charge is 0.392 e. The summed E-state index contributed by atoms with van der Waals surface area (Å²) in [6, 6.07) is 0.0885. The molecule has 0 aromatic carbocycles. The first kappa shape index (κ1) is 12.2. The number of aliphatic hydroxyl groups excluding tert-OH is 1. The van der Waals surface area contributed by atoms with Gasteiger partial charge < -0.3 is 15.7 Å². The number of carbonyl (C=O) groups excluding carboxylic acids is 1. The minimum Gasteiger partial charge on any atom is -0.392 e. The number of nitrogens with one attached hydrogen (secondary N) is 2. The van der Waals surface area contributed by atoms with Gasteiger partial charge in [0.15, 0.2) is 0 Å². The minimum absolute atomic E-state index is 0.0261. The molecule has 1 aliphatic rings. The van der Waals surface area contributed by atoms with Crippen LogP contribution in [0.15, 0.2) is 12.7 Å². The second-order valence-corrected chi connectivity index (χ2v) is 4.61. The highest BCUT2D eigenvalue weighted by Crippen LogP contribution is 2.40. The number of carbonyl (C=O) groups is 1. The Hall–Kier alpha value is -0.870. The summed E-state index contributed by atoms with van der Waals surface area (Å²) in [6.07, 6.45) is 2.06. The van der Waals surface area contributed by atoms with Crippen LogP contribution in [0.5, 0.6) is 0 Å². The normalized spacial score (nSPS) is 27.9. The van der Waals surface area contributed by atoms with Crippen molar-refractivity contribution in [3.05, 3.63) is 12.7 Å². The Morgan fingerprint density at radius 1 is 1.67 bits per heavy atom. The Kier molecular flexibility index (Phi) is 3.88. The molecule has 0 aromatic heterocycles. The van der Waals surface area contributed by atoms with Gasteiger partial charge in [0.25, 0.3) is 0 Å². The Morgan fingerprint density at radius 3 is 2.80 bits per heavy atom. The highest BCUT2D eigenvalue weighted by Gasteiger charge is 2.47. The lowest BCUT2D eigenvalue weighted by molar-refractivity contribution is -0.128. The molecule has 4 nitrogen and oxygen atoms in total. The summed E-state index contributed by atoms with van der Waals surface area (Å²) in [7, 11) is 0. The zero-order valence-electron chi connectivity index (χ0n) is 9.42. The summed E-state index contributed by atoms with van der Waals surface area (Å²) in [4.78, 5) is 11.4. The first-order chi connectivity index (χ1) is 6.98. The van der Waals surface area contributed by atoms with E-state index < -0.39 is 0 Å². The van der Waals surface area contributed by atoms with E-state index in [1.165, 1.54) is 0 Å². The second-order valence-electron chi connectivity index (χ2n) is 4.61. The molecular formula is C11H20N2O2. The summed E-state index contributed by atoms with van der Waals surface area (Å²) < 4.78 is 0. The smallest absolute Gasteiger partial charge is 0.234 e. The van der Waals surface area contributed by atoms with Crippen LogP contribution >= 0.6 is 0 Å². The van der Waals surface area contributed by atoms with Crippen LogP contribution in [0.2, 0.25) is 0 Å². The molecule has 4 heteroatoms. The summed E-state index contributed by atoms with van der Waals surface area (Å²) in [5.74, 6) is -0.0261. The van der Waals surface area contributed by atoms with E-state index in [1.54, 1.807) is 6.08 Å². The molecule has 0 aromatic rings. The van der Waals surface area contributed by atoms with Gasteiger partial charge >= 0.3 is 0 Å². The standard InChI is InChI=1S/C11H20N2O2/c1-4-5-12-7-10(15)13-8-6-9(14)11(8,2)3/h4,8-9,12,14H,1,5-7H2,2-3H3,(H,13,15). The monoisotopic (exact) mass is 212 g/mol. The molecule has 2 unspecified atom stereocenters. The van der Waals surface area contributed by atoms with Crippen molar-refractivity contribution in [1.29, 1.82) is 0 Å². The number of rotatable bonds is 5. The van der Waals surface area contributed by atoms with E-state index >= 15 is 0 Å². The van der Waals surface area contributed by atoms with E-state index in [1.807, 2.05) is 13.8 Å². The number of hydrogen-bond acceptors (Lipinski definition) is 3. The third-order valence-corrected chi connectivity index (χ3v) is 3.13. The zero-order chi connectivity index (χ0) is 11.5. The Bertz CT molecular complexity index is 251. The van der Waals surface area contributed by atoms with Crippen molar-refractivity contribution in [2.45, 2.75) is 32.4 Å². The highest BCUT2D eigenvalue weighted by molar-refractivity contribution is 5.78. The molecule has 1 aliphatic carbocycles. The van der Waals surface area contributed by atoms with Crippen LogP contribution in [0.3, 0.4) is 0 Å². The van der Waals surface area contributed by atoms with Gasteiger partial charge in [0, 0.05) is 18.0 Å². The van der Waals surface area contributed by atoms with Gasteiger partial charge in [-0.15, -0.1) is 6.58 Å². The molecule has 1 saturated carbocycles. The van der Waals surface area contributed by atoms with Gasteiger partial charge in [-0.25, -0.2) is 0 Å². The van der Waals surface area contributed by atoms with Crippen LogP contribution < -0.4 is 10.6 Å². The quantitative estimate of drug-likeness (QED) is 0.445. The Morgan fingerprint density at radius 2 is 2.33 bits per heavy atom. The number of hydrogen-bond donors (Lipinski definition) is 3. The van der Waals surface area contributed by atoms with E-state index in [9.17, 15) is 9.90 Å². The van der Waals surface area contributed by atoms with E-state index in [0.717, 1.165) is 0 Å². The number of amides is 1. The molecule has 1 rings (SSSR count). The average molecular weight is 212 g/mol. The summed E-state index contributed by atoms with van der Waals surface area (Å²) in [5, 5.41) is 15.3. The molecule has 0 heterocycles. The molecule has 0 bridgehead atoms. The fraction of sp³-hybridized carbons (Fsp3) is 0.727. The van der Waals surface area contributed by atoms with Gasteiger partial charge in [-0.05, 0) is 6.42 Å². The van der Waals surface area contributed by atoms with Gasteiger partial charge in [-0.1, -0.05) is 19.9 Å². The van der Waals surface area contributed by atoms with Gasteiger partial charge in [0.2, 0.25) is 5.91 Å². The molecule has 1 amide bonds. The molecule has 0 saturated heterocycles. The molecule has 1 fully saturated rings. The average Bonchev–Trinajstić information content (AvgIpc) is 2.18. The van der Waals surface area contributed by atoms with Crippen molar-refractivity contribution >= 4 is 5.91 Å². The number of aliphatic hydroxyl groups is 1. The molecule has 86 valence electrons. The van der Waals surface area contributed by atoms with E-state index in [0.29, 0.717) is 19.5 Å². The van der Waals surface area contributed by atoms with Gasteiger partial charge in [-0.2, -0.15) is 0 Å². The van der Waals surface area contributed by atoms with Crippen LogP contribution in [0.1, 0.15) is 20.3 Å². The van der Waals surface area contributed by atoms with Crippen LogP contribution in [0, 0.1) is 5.41 Å². The van der Waals surface area contributed by atoms with Crippen molar-refractivity contribution in [3.63, 3.8) is 0 Å². The van der Waals surface area contributed by atoms with Crippen molar-refractivity contribution < 1.29 is 9.90 Å². The first-order valence-electron chi connectivity index (χ1n) is 5.27. The van der Waals surface area contributed by atoms with Crippen molar-refractivity contribution in [2.24, 2.45) is 5.41 Å². The van der Waals surface area contributed by atoms with Crippen molar-refractivity contribution in [1.82, 2.24) is 10.6 Å². The maximum atomic E-state index is 11.4. The van der Waals surface area contributed by atoms with Crippen LogP contribution in [0.4, 0.5) is 0 Å². The lowest BCUT2D eigenvalue weighted by Crippen LogP contribution is -2.61. The third kappa shape index (κ3) is 2.79. The zero-order valence-corrected chi connectivity index (χ0v) is 9.42. The molecule has 0 aliphatic heterocycles. The van der Waals surface area contributed by atoms with Gasteiger partial charge in [0.05, 0.1) is 12.6 Å². The fourth-order valence-corrected chi connectivity index (χ4v) is 1.68. The summed E-state index contributed by atoms with van der Waals surface area (Å²) >= 11 is 0. The van der Waals surface area contributed by atoms with Crippen LogP contribution in [-0.4, -0.2) is 36.2 Å². The van der Waals surface area contributed by atoms with Gasteiger partial charge in [0.1, 0.15) is 0 Å². The predicted molar refractivity (Wildman–Crippen MR) is 59.4 cm³/mol. The SMILES string of the molecule is C=CCNCC(=O)NC1CC(O)C1(C)C. The molecular weight excluding hydrogens is 192 g/mol. The lowest BCUT2D eigenvalue weighted by Gasteiger charge is -2.49. The highest BCUT2D eigenvalue weighted by atomic mass is 16.3. The van der Waals surface area contributed by atoms with Gasteiger partial charge in [-0.3, -0.25) is 4.79 Å². The van der Waals surface area contributed by atoms with E-state index in [2.05, 4.69) is 17.2 Å².